The van der Waals surface area contributed by atoms with Crippen LogP contribution in [0.15, 0.2) is 4.99 Å². The van der Waals surface area contributed by atoms with Gasteiger partial charge < -0.3 is 29.3 Å². The third-order valence-electron chi connectivity index (χ3n) is 6.13. The fourth-order valence-electron chi connectivity index (χ4n) is 4.16. The van der Waals surface area contributed by atoms with Crippen molar-refractivity contribution in [2.75, 3.05) is 98.5 Å². The van der Waals surface area contributed by atoms with E-state index in [0.29, 0.717) is 25.7 Å². The molecular weight excluding hydrogens is 525 g/mol. The van der Waals surface area contributed by atoms with Crippen molar-refractivity contribution in [3.8, 4) is 0 Å². The number of morpholine rings is 1. The largest absolute Gasteiger partial charge is 0.381 e. The Labute approximate surface area is 210 Å². The summed E-state index contributed by atoms with van der Waals surface area (Å²) in [5, 5.41) is 3.42. The molecule has 3 rings (SSSR count). The summed E-state index contributed by atoms with van der Waals surface area (Å²) in [6.07, 6.45) is 3.17. The first-order valence-electron chi connectivity index (χ1n) is 12.0. The molecule has 0 aromatic rings. The van der Waals surface area contributed by atoms with Crippen molar-refractivity contribution in [2.45, 2.75) is 26.2 Å². The van der Waals surface area contributed by atoms with Crippen molar-refractivity contribution in [1.82, 2.24) is 20.0 Å². The smallest absolute Gasteiger partial charge is 0.236 e. The lowest BCUT2D eigenvalue weighted by Crippen LogP contribution is -2.55. The van der Waals surface area contributed by atoms with Crippen LogP contribution in [0, 0.1) is 5.92 Å². The van der Waals surface area contributed by atoms with Crippen LogP contribution >= 0.6 is 24.0 Å². The number of carbonyl (C=O) groups excluding carboxylic acids is 1. The lowest BCUT2D eigenvalue weighted by Gasteiger charge is -2.37. The number of ether oxygens (including phenoxy) is 3. The number of rotatable bonds is 9. The molecule has 1 N–H and O–H groups in total. The van der Waals surface area contributed by atoms with Crippen molar-refractivity contribution in [3.05, 3.63) is 0 Å². The third-order valence-corrected chi connectivity index (χ3v) is 6.13. The molecule has 0 bridgehead atoms. The molecular formula is C22H42IN5O4. The SMILES string of the molecule is CCNC(=NCCCOCC1CCOCC1)N1CCN(CC(=O)N2CCOCC2)CC1.I. The molecule has 10 heteroatoms. The Kier molecular flexibility index (Phi) is 13.8. The zero-order valence-corrected chi connectivity index (χ0v) is 22.0. The standard InChI is InChI=1S/C22H41N5O4.HI/c1-2-23-22(24-6-3-13-31-19-20-4-14-29-15-5-20)27-9-7-25(8-10-27)18-21(28)26-11-16-30-17-12-26;/h20H,2-19H2,1H3,(H,23,24);1H. The first-order chi connectivity index (χ1) is 15.3. The van der Waals surface area contributed by atoms with Gasteiger partial charge in [-0.15, -0.1) is 24.0 Å². The van der Waals surface area contributed by atoms with Gasteiger partial charge in [0.2, 0.25) is 5.91 Å². The van der Waals surface area contributed by atoms with Gasteiger partial charge in [0.15, 0.2) is 5.96 Å². The van der Waals surface area contributed by atoms with Crippen LogP contribution in [0.25, 0.3) is 0 Å². The summed E-state index contributed by atoms with van der Waals surface area (Å²) in [7, 11) is 0. The van der Waals surface area contributed by atoms with Crippen LogP contribution in [0.4, 0.5) is 0 Å². The van der Waals surface area contributed by atoms with Gasteiger partial charge >= 0.3 is 0 Å². The fourth-order valence-corrected chi connectivity index (χ4v) is 4.16. The zero-order valence-electron chi connectivity index (χ0n) is 19.6. The predicted octanol–water partition coefficient (Wildman–Crippen LogP) is 0.880. The van der Waals surface area contributed by atoms with Crippen molar-refractivity contribution in [1.29, 1.82) is 0 Å². The molecule has 0 aromatic carbocycles. The molecule has 9 nitrogen and oxygen atoms in total. The quantitative estimate of drug-likeness (QED) is 0.192. The van der Waals surface area contributed by atoms with Gasteiger partial charge in [-0.1, -0.05) is 0 Å². The number of hydrogen-bond acceptors (Lipinski definition) is 6. The van der Waals surface area contributed by atoms with Gasteiger partial charge in [0.1, 0.15) is 0 Å². The second-order valence-corrected chi connectivity index (χ2v) is 8.48. The number of halogens is 1. The van der Waals surface area contributed by atoms with E-state index in [0.717, 1.165) is 104 Å². The molecule has 1 amide bonds. The summed E-state index contributed by atoms with van der Waals surface area (Å²) < 4.78 is 16.6. The van der Waals surface area contributed by atoms with Crippen molar-refractivity contribution >= 4 is 35.8 Å². The number of nitrogens with one attached hydrogen (secondary N) is 1. The topological polar surface area (TPSA) is 78.9 Å². The number of amides is 1. The molecule has 0 unspecified atom stereocenters. The highest BCUT2D eigenvalue weighted by atomic mass is 127. The summed E-state index contributed by atoms with van der Waals surface area (Å²) in [6.45, 7) is 13.9. The molecule has 0 radical (unpaired) electrons. The van der Waals surface area contributed by atoms with Gasteiger partial charge in [-0.05, 0) is 32.1 Å². The Balaban J connectivity index is 0.00000363. The molecule has 0 atom stereocenters. The summed E-state index contributed by atoms with van der Waals surface area (Å²) >= 11 is 0. The van der Waals surface area contributed by atoms with Gasteiger partial charge in [0, 0.05) is 78.8 Å². The van der Waals surface area contributed by atoms with Crippen LogP contribution in [-0.4, -0.2) is 125 Å². The molecule has 3 aliphatic rings. The van der Waals surface area contributed by atoms with E-state index in [9.17, 15) is 4.79 Å². The average molecular weight is 568 g/mol. The third kappa shape index (κ3) is 9.66. The maximum atomic E-state index is 12.5. The average Bonchev–Trinajstić information content (AvgIpc) is 2.82. The first kappa shape index (κ1) is 27.6. The van der Waals surface area contributed by atoms with Gasteiger partial charge in [-0.25, -0.2) is 0 Å². The van der Waals surface area contributed by atoms with E-state index in [4.69, 9.17) is 19.2 Å². The Morgan fingerprint density at radius 1 is 1.00 bits per heavy atom. The normalized spacial score (nSPS) is 21.3. The van der Waals surface area contributed by atoms with Crippen molar-refractivity contribution < 1.29 is 19.0 Å². The van der Waals surface area contributed by atoms with Crippen LogP contribution in [0.1, 0.15) is 26.2 Å². The van der Waals surface area contributed by atoms with E-state index in [1.165, 1.54) is 0 Å². The van der Waals surface area contributed by atoms with Crippen molar-refractivity contribution in [3.63, 3.8) is 0 Å². The van der Waals surface area contributed by atoms with Gasteiger partial charge in [0.25, 0.3) is 0 Å². The van der Waals surface area contributed by atoms with Crippen LogP contribution in [0.3, 0.4) is 0 Å². The highest BCUT2D eigenvalue weighted by molar-refractivity contribution is 14.0. The minimum absolute atomic E-state index is 0. The minimum atomic E-state index is 0. The monoisotopic (exact) mass is 567 g/mol. The molecule has 3 heterocycles. The van der Waals surface area contributed by atoms with Gasteiger partial charge in [-0.3, -0.25) is 14.7 Å². The first-order valence-corrected chi connectivity index (χ1v) is 12.0. The number of nitrogens with zero attached hydrogens (tertiary/aromatic N) is 4. The number of guanidine groups is 1. The Hall–Kier alpha value is -0.690. The van der Waals surface area contributed by atoms with E-state index in [-0.39, 0.29) is 29.9 Å². The van der Waals surface area contributed by atoms with Crippen molar-refractivity contribution in [2.24, 2.45) is 10.9 Å². The molecule has 186 valence electrons. The van der Waals surface area contributed by atoms with E-state index in [1.807, 2.05) is 4.90 Å². The summed E-state index contributed by atoms with van der Waals surface area (Å²) in [5.74, 6) is 1.85. The molecule has 0 aromatic heterocycles. The van der Waals surface area contributed by atoms with Gasteiger partial charge in [0.05, 0.1) is 19.8 Å². The van der Waals surface area contributed by atoms with Crippen LogP contribution in [0.2, 0.25) is 0 Å². The summed E-state index contributed by atoms with van der Waals surface area (Å²) in [6, 6.07) is 0. The Morgan fingerprint density at radius 3 is 2.38 bits per heavy atom. The maximum absolute atomic E-state index is 12.5. The minimum Gasteiger partial charge on any atom is -0.381 e. The Morgan fingerprint density at radius 2 is 1.69 bits per heavy atom. The molecule has 0 aliphatic carbocycles. The molecule has 3 aliphatic heterocycles. The number of piperazine rings is 1. The summed E-state index contributed by atoms with van der Waals surface area (Å²) in [4.78, 5) is 23.8. The Bertz CT molecular complexity index is 548. The van der Waals surface area contributed by atoms with Crippen LogP contribution < -0.4 is 5.32 Å². The van der Waals surface area contributed by atoms with Crippen LogP contribution in [-0.2, 0) is 19.0 Å². The van der Waals surface area contributed by atoms with Crippen LogP contribution in [0.5, 0.6) is 0 Å². The second-order valence-electron chi connectivity index (χ2n) is 8.48. The second kappa shape index (κ2) is 16.0. The van der Waals surface area contributed by atoms with E-state index < -0.39 is 0 Å². The number of carbonyl (C=O) groups is 1. The fraction of sp³-hybridized carbons (Fsp3) is 0.909. The zero-order chi connectivity index (χ0) is 21.7. The molecule has 3 saturated heterocycles. The lowest BCUT2D eigenvalue weighted by molar-refractivity contribution is -0.136. The molecule has 32 heavy (non-hydrogen) atoms. The summed E-state index contributed by atoms with van der Waals surface area (Å²) in [5.41, 5.74) is 0. The highest BCUT2D eigenvalue weighted by Gasteiger charge is 2.24. The predicted molar refractivity (Wildman–Crippen MR) is 136 cm³/mol. The molecule has 0 saturated carbocycles. The number of hydrogen-bond donors (Lipinski definition) is 1. The maximum Gasteiger partial charge on any atom is 0.236 e. The van der Waals surface area contributed by atoms with Gasteiger partial charge in [-0.2, -0.15) is 0 Å². The number of aliphatic imine (C=N–C) groups is 1. The highest BCUT2D eigenvalue weighted by Crippen LogP contribution is 2.14. The van der Waals surface area contributed by atoms with E-state index in [2.05, 4.69) is 22.0 Å². The van der Waals surface area contributed by atoms with E-state index in [1.54, 1.807) is 0 Å². The molecule has 3 fully saturated rings. The molecule has 0 spiro atoms. The lowest BCUT2D eigenvalue weighted by atomic mass is 10.0. The van der Waals surface area contributed by atoms with E-state index >= 15 is 0 Å².